The lowest BCUT2D eigenvalue weighted by molar-refractivity contribution is -0.132. The third-order valence-corrected chi connectivity index (χ3v) is 2.69. The van der Waals surface area contributed by atoms with Crippen molar-refractivity contribution in [2.75, 3.05) is 5.75 Å². The smallest absolute Gasteiger partial charge is 0.330 e. The second-order valence-corrected chi connectivity index (χ2v) is 4.05. The van der Waals surface area contributed by atoms with Gasteiger partial charge < -0.3 is 5.11 Å². The number of halogens is 1. The summed E-state index contributed by atoms with van der Waals surface area (Å²) in [4.78, 5) is 11.3. The number of thioether (sulfide) groups is 1. The van der Waals surface area contributed by atoms with E-state index in [9.17, 15) is 9.18 Å². The fourth-order valence-corrected chi connectivity index (χ4v) is 1.80. The van der Waals surface area contributed by atoms with E-state index in [2.05, 4.69) is 0 Å². The molecule has 0 aromatic heterocycles. The predicted octanol–water partition coefficient (Wildman–Crippen LogP) is 2.95. The van der Waals surface area contributed by atoms with Crippen LogP contribution in [0.4, 0.5) is 4.39 Å². The topological polar surface area (TPSA) is 37.3 Å². The maximum atomic E-state index is 12.8. The Hall–Kier alpha value is -1.29. The first-order chi connectivity index (χ1) is 7.09. The Balaban J connectivity index is 2.51. The molecular weight excluding hydrogens is 215 g/mol. The van der Waals surface area contributed by atoms with Gasteiger partial charge in [-0.2, -0.15) is 0 Å². The van der Waals surface area contributed by atoms with E-state index in [1.165, 1.54) is 30.8 Å². The Morgan fingerprint density at radius 1 is 1.60 bits per heavy atom. The minimum Gasteiger partial charge on any atom is -0.478 e. The molecule has 0 atom stereocenters. The number of hydrogen-bond acceptors (Lipinski definition) is 2. The highest BCUT2D eigenvalue weighted by Gasteiger charge is 1.99. The minimum absolute atomic E-state index is 0.279. The lowest BCUT2D eigenvalue weighted by Crippen LogP contribution is -1.96. The van der Waals surface area contributed by atoms with Gasteiger partial charge in [-0.25, -0.2) is 9.18 Å². The largest absolute Gasteiger partial charge is 0.478 e. The second kappa shape index (κ2) is 5.56. The number of carboxylic acid groups (broad SMARTS) is 1. The summed E-state index contributed by atoms with van der Waals surface area (Å²) in [7, 11) is 0. The zero-order valence-corrected chi connectivity index (χ0v) is 9.05. The molecule has 1 rings (SSSR count). The van der Waals surface area contributed by atoms with Crippen molar-refractivity contribution in [2.24, 2.45) is 0 Å². The van der Waals surface area contributed by atoms with Crippen LogP contribution in [0.3, 0.4) is 0 Å². The highest BCUT2D eigenvalue weighted by molar-refractivity contribution is 7.99. The molecule has 0 spiro atoms. The molecule has 0 unspecified atom stereocenters. The normalized spacial score (nSPS) is 11.5. The van der Waals surface area contributed by atoms with Gasteiger partial charge in [0.05, 0.1) is 0 Å². The van der Waals surface area contributed by atoms with Crippen LogP contribution in [-0.2, 0) is 4.79 Å². The van der Waals surface area contributed by atoms with Gasteiger partial charge >= 0.3 is 5.97 Å². The first-order valence-electron chi connectivity index (χ1n) is 4.38. The van der Waals surface area contributed by atoms with Gasteiger partial charge in [0, 0.05) is 16.2 Å². The molecule has 0 heterocycles. The van der Waals surface area contributed by atoms with Crippen LogP contribution in [0.25, 0.3) is 0 Å². The van der Waals surface area contributed by atoms with Crippen molar-refractivity contribution >= 4 is 17.7 Å². The maximum Gasteiger partial charge on any atom is 0.330 e. The van der Waals surface area contributed by atoms with Crippen LogP contribution in [0.5, 0.6) is 0 Å². The Morgan fingerprint density at radius 2 is 2.33 bits per heavy atom. The van der Waals surface area contributed by atoms with Crippen molar-refractivity contribution in [3.05, 3.63) is 41.7 Å². The summed E-state index contributed by atoms with van der Waals surface area (Å²) in [6.45, 7) is 1.54. The van der Waals surface area contributed by atoms with Crippen molar-refractivity contribution in [2.45, 2.75) is 11.8 Å². The quantitative estimate of drug-likeness (QED) is 0.633. The van der Waals surface area contributed by atoms with Crippen molar-refractivity contribution in [1.29, 1.82) is 0 Å². The zero-order valence-electron chi connectivity index (χ0n) is 8.24. The van der Waals surface area contributed by atoms with Crippen LogP contribution in [0.15, 0.2) is 40.8 Å². The number of carbonyl (C=O) groups is 1. The van der Waals surface area contributed by atoms with E-state index in [1.807, 2.05) is 0 Å². The third kappa shape index (κ3) is 4.16. The van der Waals surface area contributed by atoms with Gasteiger partial charge in [-0.1, -0.05) is 12.1 Å². The molecule has 0 saturated carbocycles. The number of hydrogen-bond donors (Lipinski definition) is 1. The minimum atomic E-state index is -0.921. The molecule has 0 radical (unpaired) electrons. The van der Waals surface area contributed by atoms with E-state index in [0.29, 0.717) is 11.3 Å². The Labute approximate surface area is 91.8 Å². The predicted molar refractivity (Wildman–Crippen MR) is 58.5 cm³/mol. The van der Waals surface area contributed by atoms with Gasteiger partial charge in [-0.15, -0.1) is 11.8 Å². The lowest BCUT2D eigenvalue weighted by atomic mass is 10.3. The van der Waals surface area contributed by atoms with E-state index in [4.69, 9.17) is 5.11 Å². The summed E-state index contributed by atoms with van der Waals surface area (Å²) < 4.78 is 12.8. The summed E-state index contributed by atoms with van der Waals surface area (Å²) >= 11 is 1.40. The molecule has 0 saturated heterocycles. The van der Waals surface area contributed by atoms with Crippen LogP contribution in [-0.4, -0.2) is 16.8 Å². The second-order valence-electron chi connectivity index (χ2n) is 2.96. The van der Waals surface area contributed by atoms with Crippen LogP contribution < -0.4 is 0 Å². The van der Waals surface area contributed by atoms with Crippen LogP contribution in [0, 0.1) is 5.82 Å². The highest BCUT2D eigenvalue weighted by Crippen LogP contribution is 2.18. The molecule has 80 valence electrons. The van der Waals surface area contributed by atoms with E-state index in [-0.39, 0.29) is 5.82 Å². The monoisotopic (exact) mass is 226 g/mol. The highest BCUT2D eigenvalue weighted by atomic mass is 32.2. The summed E-state index contributed by atoms with van der Waals surface area (Å²) in [6.07, 6.45) is 1.61. The van der Waals surface area contributed by atoms with Gasteiger partial charge in [-0.05, 0) is 25.1 Å². The van der Waals surface area contributed by atoms with Gasteiger partial charge in [0.15, 0.2) is 0 Å². The SMILES string of the molecule is CC(=CCSc1cccc(F)c1)C(=O)O. The van der Waals surface area contributed by atoms with E-state index < -0.39 is 5.97 Å². The first-order valence-corrected chi connectivity index (χ1v) is 5.36. The van der Waals surface area contributed by atoms with Crippen molar-refractivity contribution in [1.82, 2.24) is 0 Å². The summed E-state index contributed by atoms with van der Waals surface area (Å²) in [5.74, 6) is -0.671. The molecule has 0 aliphatic heterocycles. The van der Waals surface area contributed by atoms with Gasteiger partial charge in [-0.3, -0.25) is 0 Å². The maximum absolute atomic E-state index is 12.8. The average Bonchev–Trinajstić information content (AvgIpc) is 2.17. The molecule has 0 amide bonds. The molecule has 15 heavy (non-hydrogen) atoms. The molecule has 4 heteroatoms. The van der Waals surface area contributed by atoms with E-state index in [0.717, 1.165) is 4.90 Å². The molecule has 1 aromatic rings. The molecule has 0 fully saturated rings. The van der Waals surface area contributed by atoms with Gasteiger partial charge in [0.25, 0.3) is 0 Å². The molecule has 0 aliphatic rings. The van der Waals surface area contributed by atoms with Crippen molar-refractivity contribution < 1.29 is 14.3 Å². The summed E-state index contributed by atoms with van der Waals surface area (Å²) in [5.41, 5.74) is 0.305. The fourth-order valence-electron chi connectivity index (χ4n) is 0.907. The Morgan fingerprint density at radius 3 is 2.93 bits per heavy atom. The van der Waals surface area contributed by atoms with Crippen LogP contribution in [0.1, 0.15) is 6.92 Å². The third-order valence-electron chi connectivity index (χ3n) is 1.77. The fraction of sp³-hybridized carbons (Fsp3) is 0.182. The number of carboxylic acids is 1. The van der Waals surface area contributed by atoms with Crippen molar-refractivity contribution in [3.63, 3.8) is 0 Å². The number of benzene rings is 1. The van der Waals surface area contributed by atoms with Gasteiger partial charge in [0.1, 0.15) is 5.82 Å². The number of aliphatic carboxylic acids is 1. The average molecular weight is 226 g/mol. The van der Waals surface area contributed by atoms with E-state index in [1.54, 1.807) is 18.2 Å². The number of rotatable bonds is 4. The van der Waals surface area contributed by atoms with E-state index >= 15 is 0 Å². The molecule has 0 aliphatic carbocycles. The summed E-state index contributed by atoms with van der Waals surface area (Å²) in [6, 6.07) is 6.22. The first kappa shape index (κ1) is 11.8. The van der Waals surface area contributed by atoms with Crippen LogP contribution >= 0.6 is 11.8 Å². The molecular formula is C11H11FO2S. The summed E-state index contributed by atoms with van der Waals surface area (Å²) in [5, 5.41) is 8.59. The lowest BCUT2D eigenvalue weighted by Gasteiger charge is -1.98. The van der Waals surface area contributed by atoms with Crippen LogP contribution in [0.2, 0.25) is 0 Å². The zero-order chi connectivity index (χ0) is 11.3. The Bertz CT molecular complexity index is 388. The van der Waals surface area contributed by atoms with Gasteiger partial charge in [0.2, 0.25) is 0 Å². The molecule has 1 N–H and O–H groups in total. The molecule has 1 aromatic carbocycles. The van der Waals surface area contributed by atoms with Crippen molar-refractivity contribution in [3.8, 4) is 0 Å². The standard InChI is InChI=1S/C11H11FO2S/c1-8(11(13)14)5-6-15-10-4-2-3-9(12)7-10/h2-5,7H,6H2,1H3,(H,13,14). The molecule has 2 nitrogen and oxygen atoms in total. The molecule has 0 bridgehead atoms. The Kier molecular flexibility index (Phi) is 4.37.